The molecule has 1 aliphatic heterocycles. The molecular formula is C19H19N5O3S. The monoisotopic (exact) mass is 397 g/mol. The second-order valence-electron chi connectivity index (χ2n) is 6.38. The third kappa shape index (κ3) is 3.13. The SMILES string of the molecule is COc1ccc(C2Cc3nc(N)nc(C)c3C(=O)N2)c(-c2csc(OC)n2)c1. The first-order valence-corrected chi connectivity index (χ1v) is 9.49. The summed E-state index contributed by atoms with van der Waals surface area (Å²) in [5, 5.41) is 5.55. The van der Waals surface area contributed by atoms with Crippen LogP contribution in [0.2, 0.25) is 0 Å². The molecule has 8 nitrogen and oxygen atoms in total. The number of hydrogen-bond donors (Lipinski definition) is 2. The summed E-state index contributed by atoms with van der Waals surface area (Å²) in [4.78, 5) is 25.6. The van der Waals surface area contributed by atoms with Crippen LogP contribution in [0.25, 0.3) is 11.3 Å². The van der Waals surface area contributed by atoms with Gasteiger partial charge in [-0.1, -0.05) is 17.4 Å². The Bertz CT molecular complexity index is 1070. The van der Waals surface area contributed by atoms with E-state index in [-0.39, 0.29) is 17.9 Å². The minimum absolute atomic E-state index is 0.170. The molecule has 1 aliphatic rings. The Morgan fingerprint density at radius 3 is 2.75 bits per heavy atom. The molecule has 3 N–H and O–H groups in total. The second kappa shape index (κ2) is 7.08. The van der Waals surface area contributed by atoms with Crippen molar-refractivity contribution in [2.24, 2.45) is 0 Å². The lowest BCUT2D eigenvalue weighted by Gasteiger charge is -2.27. The Hall–Kier alpha value is -3.20. The lowest BCUT2D eigenvalue weighted by atomic mass is 9.90. The molecule has 0 fully saturated rings. The molecule has 1 atom stereocenters. The maximum absolute atomic E-state index is 12.7. The predicted molar refractivity (Wildman–Crippen MR) is 106 cm³/mol. The van der Waals surface area contributed by atoms with Gasteiger partial charge in [0.25, 0.3) is 11.1 Å². The third-order valence-corrected chi connectivity index (χ3v) is 5.48. The van der Waals surface area contributed by atoms with Gasteiger partial charge in [-0.15, -0.1) is 0 Å². The summed E-state index contributed by atoms with van der Waals surface area (Å²) in [6.07, 6.45) is 0.509. The number of nitrogens with two attached hydrogens (primary N) is 1. The summed E-state index contributed by atoms with van der Waals surface area (Å²) < 4.78 is 10.6. The molecule has 0 aliphatic carbocycles. The van der Waals surface area contributed by atoms with Gasteiger partial charge in [-0.05, 0) is 24.6 Å². The first-order chi connectivity index (χ1) is 13.5. The number of nitrogens with zero attached hydrogens (tertiary/aromatic N) is 3. The first kappa shape index (κ1) is 18.2. The molecule has 1 amide bonds. The number of nitrogens with one attached hydrogen (secondary N) is 1. The van der Waals surface area contributed by atoms with Crippen LogP contribution in [-0.4, -0.2) is 35.1 Å². The largest absolute Gasteiger partial charge is 0.497 e. The van der Waals surface area contributed by atoms with Gasteiger partial charge in [0.2, 0.25) is 5.95 Å². The molecule has 144 valence electrons. The van der Waals surface area contributed by atoms with Gasteiger partial charge < -0.3 is 20.5 Å². The van der Waals surface area contributed by atoms with Crippen LogP contribution in [0, 0.1) is 6.92 Å². The highest BCUT2D eigenvalue weighted by molar-refractivity contribution is 7.11. The zero-order valence-corrected chi connectivity index (χ0v) is 16.5. The minimum atomic E-state index is -0.276. The molecule has 2 aromatic heterocycles. The quantitative estimate of drug-likeness (QED) is 0.696. The molecule has 0 radical (unpaired) electrons. The summed E-state index contributed by atoms with van der Waals surface area (Å²) in [5.74, 6) is 0.668. The van der Waals surface area contributed by atoms with Gasteiger partial charge in [0, 0.05) is 17.4 Å². The van der Waals surface area contributed by atoms with Crippen LogP contribution in [0.15, 0.2) is 23.6 Å². The lowest BCUT2D eigenvalue weighted by molar-refractivity contribution is 0.0922. The van der Waals surface area contributed by atoms with E-state index in [0.29, 0.717) is 34.3 Å². The zero-order valence-electron chi connectivity index (χ0n) is 15.6. The fourth-order valence-electron chi connectivity index (χ4n) is 3.42. The van der Waals surface area contributed by atoms with Crippen molar-refractivity contribution >= 4 is 23.2 Å². The van der Waals surface area contributed by atoms with Crippen LogP contribution < -0.4 is 20.5 Å². The molecule has 1 aromatic carbocycles. The summed E-state index contributed by atoms with van der Waals surface area (Å²) in [5.41, 5.74) is 10.1. The van der Waals surface area contributed by atoms with E-state index in [9.17, 15) is 4.79 Å². The number of aryl methyl sites for hydroxylation is 1. The van der Waals surface area contributed by atoms with Crippen molar-refractivity contribution in [1.29, 1.82) is 0 Å². The third-order valence-electron chi connectivity index (χ3n) is 4.68. The van der Waals surface area contributed by atoms with Crippen LogP contribution in [-0.2, 0) is 6.42 Å². The molecule has 3 aromatic rings. The van der Waals surface area contributed by atoms with Crippen LogP contribution in [0.5, 0.6) is 10.9 Å². The molecule has 0 spiro atoms. The Labute approximate surface area is 165 Å². The van der Waals surface area contributed by atoms with E-state index in [1.54, 1.807) is 21.1 Å². The smallest absolute Gasteiger partial charge is 0.273 e. The maximum atomic E-state index is 12.7. The Morgan fingerprint density at radius 1 is 1.21 bits per heavy atom. The van der Waals surface area contributed by atoms with Gasteiger partial charge in [-0.3, -0.25) is 4.79 Å². The van der Waals surface area contributed by atoms with E-state index in [1.165, 1.54) is 11.3 Å². The molecule has 3 heterocycles. The highest BCUT2D eigenvalue weighted by Crippen LogP contribution is 2.37. The Balaban J connectivity index is 1.80. The summed E-state index contributed by atoms with van der Waals surface area (Å²) in [7, 11) is 3.20. The number of nitrogen functional groups attached to an aromatic ring is 1. The fraction of sp³-hybridized carbons (Fsp3) is 0.263. The number of anilines is 1. The number of amides is 1. The number of fused-ring (bicyclic) bond motifs is 1. The zero-order chi connectivity index (χ0) is 19.8. The van der Waals surface area contributed by atoms with Gasteiger partial charge in [0.15, 0.2) is 0 Å². The number of hydrogen-bond acceptors (Lipinski definition) is 8. The van der Waals surface area contributed by atoms with Gasteiger partial charge in [-0.2, -0.15) is 0 Å². The average Bonchev–Trinajstić information content (AvgIpc) is 3.15. The number of benzene rings is 1. The van der Waals surface area contributed by atoms with Crippen molar-refractivity contribution in [2.75, 3.05) is 20.0 Å². The van der Waals surface area contributed by atoms with E-state index >= 15 is 0 Å². The standard InChI is InChI=1S/C19H19N5O3S/c1-9-16-14(23-18(20)21-9)7-13(22-17(16)25)11-5-4-10(26-2)6-12(11)15-8-28-19(24-15)27-3/h4-6,8,13H,7H2,1-3H3,(H,22,25)(H2,20,21,23). The predicted octanol–water partition coefficient (Wildman–Crippen LogP) is 2.54. The topological polar surface area (TPSA) is 112 Å². The Morgan fingerprint density at radius 2 is 2.04 bits per heavy atom. The van der Waals surface area contributed by atoms with E-state index in [4.69, 9.17) is 15.2 Å². The summed E-state index contributed by atoms with van der Waals surface area (Å²) in [6.45, 7) is 1.76. The number of carbonyl (C=O) groups is 1. The summed E-state index contributed by atoms with van der Waals surface area (Å²) in [6, 6.07) is 5.43. The number of carbonyl (C=O) groups excluding carboxylic acids is 1. The fourth-order valence-corrected chi connectivity index (χ4v) is 4.06. The van der Waals surface area contributed by atoms with E-state index in [2.05, 4.69) is 20.3 Å². The number of methoxy groups -OCH3 is 2. The molecule has 28 heavy (non-hydrogen) atoms. The summed E-state index contributed by atoms with van der Waals surface area (Å²) >= 11 is 1.41. The van der Waals surface area contributed by atoms with Gasteiger partial charge in [-0.25, -0.2) is 15.0 Å². The van der Waals surface area contributed by atoms with Crippen molar-refractivity contribution in [3.8, 4) is 22.2 Å². The van der Waals surface area contributed by atoms with Crippen molar-refractivity contribution in [1.82, 2.24) is 20.3 Å². The van der Waals surface area contributed by atoms with Crippen LogP contribution in [0.1, 0.15) is 33.4 Å². The molecule has 0 saturated heterocycles. The molecule has 9 heteroatoms. The van der Waals surface area contributed by atoms with Crippen LogP contribution in [0.4, 0.5) is 5.95 Å². The number of aromatic nitrogens is 3. The molecule has 1 unspecified atom stereocenters. The molecule has 0 saturated carbocycles. The minimum Gasteiger partial charge on any atom is -0.497 e. The normalized spacial score (nSPS) is 15.7. The van der Waals surface area contributed by atoms with Crippen molar-refractivity contribution in [2.45, 2.75) is 19.4 Å². The number of thiazole rings is 1. The van der Waals surface area contributed by atoms with E-state index < -0.39 is 0 Å². The first-order valence-electron chi connectivity index (χ1n) is 8.61. The van der Waals surface area contributed by atoms with E-state index in [1.807, 2.05) is 23.6 Å². The maximum Gasteiger partial charge on any atom is 0.273 e. The van der Waals surface area contributed by atoms with Crippen LogP contribution in [0.3, 0.4) is 0 Å². The van der Waals surface area contributed by atoms with Crippen molar-refractivity contribution in [3.05, 3.63) is 46.1 Å². The van der Waals surface area contributed by atoms with E-state index in [0.717, 1.165) is 16.8 Å². The highest BCUT2D eigenvalue weighted by atomic mass is 32.1. The number of rotatable bonds is 4. The molecule has 0 bridgehead atoms. The molecule has 4 rings (SSSR count). The average molecular weight is 397 g/mol. The lowest BCUT2D eigenvalue weighted by Crippen LogP contribution is -2.37. The molecular weight excluding hydrogens is 378 g/mol. The Kier molecular flexibility index (Phi) is 4.60. The van der Waals surface area contributed by atoms with Gasteiger partial charge >= 0.3 is 0 Å². The number of ether oxygens (including phenoxy) is 2. The second-order valence-corrected chi connectivity index (χ2v) is 7.20. The van der Waals surface area contributed by atoms with Crippen molar-refractivity contribution < 1.29 is 14.3 Å². The van der Waals surface area contributed by atoms with Crippen LogP contribution >= 0.6 is 11.3 Å². The van der Waals surface area contributed by atoms with Gasteiger partial charge in [0.05, 0.1) is 42.9 Å². The van der Waals surface area contributed by atoms with Gasteiger partial charge in [0.1, 0.15) is 5.75 Å². The highest BCUT2D eigenvalue weighted by Gasteiger charge is 2.30. The van der Waals surface area contributed by atoms with Crippen molar-refractivity contribution in [3.63, 3.8) is 0 Å².